The first-order chi connectivity index (χ1) is 16.8. The second-order valence-electron chi connectivity index (χ2n) is 10.3. The lowest BCUT2D eigenvalue weighted by Gasteiger charge is -2.44. The summed E-state index contributed by atoms with van der Waals surface area (Å²) >= 11 is 0. The average Bonchev–Trinajstić information content (AvgIpc) is 3.55. The van der Waals surface area contributed by atoms with Crippen molar-refractivity contribution in [3.8, 4) is 0 Å². The van der Waals surface area contributed by atoms with Gasteiger partial charge in [0.05, 0.1) is 5.92 Å². The van der Waals surface area contributed by atoms with Gasteiger partial charge in [-0.3, -0.25) is 28.9 Å². The third-order valence-corrected chi connectivity index (χ3v) is 8.35. The second kappa shape index (κ2) is 7.16. The first-order valence-electron chi connectivity index (χ1n) is 12.2. The number of carbonyl (C=O) groups is 3. The third kappa shape index (κ3) is 2.84. The maximum Gasteiger partial charge on any atom is 0.277 e. The fourth-order valence-corrected chi connectivity index (χ4v) is 6.66. The van der Waals surface area contributed by atoms with Crippen molar-refractivity contribution in [1.82, 2.24) is 25.0 Å². The van der Waals surface area contributed by atoms with Gasteiger partial charge in [0.25, 0.3) is 11.8 Å². The van der Waals surface area contributed by atoms with Gasteiger partial charge in [0.2, 0.25) is 18.0 Å². The zero-order valence-corrected chi connectivity index (χ0v) is 19.4. The number of aliphatic hydroxyl groups is 1. The maximum atomic E-state index is 13.4. The largest absolute Gasteiger partial charge is 0.361 e. The lowest BCUT2D eigenvalue weighted by atomic mass is 9.80. The summed E-state index contributed by atoms with van der Waals surface area (Å²) in [5.41, 5.74) is 4.59. The number of nitrogens with one attached hydrogen (secondary N) is 2. The van der Waals surface area contributed by atoms with E-state index in [1.165, 1.54) is 10.9 Å². The molecule has 182 valence electrons. The van der Waals surface area contributed by atoms with E-state index in [0.29, 0.717) is 19.5 Å². The lowest BCUT2D eigenvalue weighted by molar-refractivity contribution is -0.294. The van der Waals surface area contributed by atoms with Gasteiger partial charge in [-0.05, 0) is 49.1 Å². The molecule has 0 spiro atoms. The Morgan fingerprint density at radius 1 is 1.31 bits per heavy atom. The summed E-state index contributed by atoms with van der Waals surface area (Å²) in [4.78, 5) is 47.0. The van der Waals surface area contributed by atoms with Crippen LogP contribution >= 0.6 is 0 Å². The van der Waals surface area contributed by atoms with Crippen LogP contribution in [0.4, 0.5) is 0 Å². The zero-order valence-electron chi connectivity index (χ0n) is 19.4. The predicted octanol–water partition coefficient (Wildman–Crippen LogP) is -0.0106. The van der Waals surface area contributed by atoms with Crippen LogP contribution in [0, 0.1) is 5.92 Å². The Balaban J connectivity index is 1.16. The summed E-state index contributed by atoms with van der Waals surface area (Å²) in [6.07, 6.45) is 4.89. The third-order valence-electron chi connectivity index (χ3n) is 8.35. The number of carbonyl (C=O) groups excluding carboxylic acids is 3. The van der Waals surface area contributed by atoms with Crippen LogP contribution < -0.4 is 5.32 Å². The van der Waals surface area contributed by atoms with Crippen molar-refractivity contribution in [2.24, 2.45) is 5.92 Å². The molecule has 7 rings (SSSR count). The van der Waals surface area contributed by atoms with Gasteiger partial charge in [-0.15, -0.1) is 0 Å². The standard InChI is InChI=1S/C25H27N5O5/c1-28-11-14(8-16-15-4-2-5-17-21(15)13(10-26-17)9-18(16)28)22(32)27-23-24(33)30-12-20(31)29-7-3-6-19(29)25(30,34)35-23/h2,4-5,8,10,14,18-19,23,26,34H,3,6-7,9,11-12H2,1H3,(H,27,32). The summed E-state index contributed by atoms with van der Waals surface area (Å²) in [5.74, 6) is -3.53. The van der Waals surface area contributed by atoms with E-state index in [9.17, 15) is 19.5 Å². The summed E-state index contributed by atoms with van der Waals surface area (Å²) in [6, 6.07) is 5.72. The molecule has 5 aliphatic rings. The molecular formula is C25H27N5O5. The van der Waals surface area contributed by atoms with Crippen LogP contribution in [0.25, 0.3) is 16.5 Å². The molecular weight excluding hydrogens is 450 g/mol. The molecule has 4 aliphatic heterocycles. The monoisotopic (exact) mass is 477 g/mol. The van der Waals surface area contributed by atoms with Crippen LogP contribution in [0.5, 0.6) is 0 Å². The molecule has 0 bridgehead atoms. The molecule has 1 aromatic carbocycles. The Labute approximate surface area is 201 Å². The Morgan fingerprint density at radius 3 is 3.03 bits per heavy atom. The number of ether oxygens (including phenoxy) is 1. The SMILES string of the molecule is CN1CC(C(=O)NC2OC3(O)C4CCCN4C(=O)CN3C2=O)C=C2c3cccc4[nH]cc(c34)CC21. The summed E-state index contributed by atoms with van der Waals surface area (Å²) < 4.78 is 5.77. The van der Waals surface area contributed by atoms with Gasteiger partial charge in [-0.25, -0.2) is 0 Å². The fourth-order valence-electron chi connectivity index (χ4n) is 6.66. The molecule has 0 saturated carbocycles. The summed E-state index contributed by atoms with van der Waals surface area (Å²) in [5, 5.41) is 15.1. The van der Waals surface area contributed by atoms with Crippen molar-refractivity contribution in [2.45, 2.75) is 43.5 Å². The first-order valence-corrected chi connectivity index (χ1v) is 12.2. The van der Waals surface area contributed by atoms with Crippen molar-refractivity contribution in [3.05, 3.63) is 41.6 Å². The number of hydrogen-bond acceptors (Lipinski definition) is 6. The van der Waals surface area contributed by atoms with E-state index in [0.717, 1.165) is 34.4 Å². The number of likely N-dealkylation sites (N-methyl/N-ethyl adjacent to an activating group) is 1. The van der Waals surface area contributed by atoms with Gasteiger partial charge in [0, 0.05) is 36.2 Å². The zero-order chi connectivity index (χ0) is 24.1. The Kier molecular flexibility index (Phi) is 4.32. The highest BCUT2D eigenvalue weighted by Gasteiger charge is 2.63. The van der Waals surface area contributed by atoms with Crippen molar-refractivity contribution < 1.29 is 24.2 Å². The number of amides is 3. The van der Waals surface area contributed by atoms with Crippen molar-refractivity contribution in [1.29, 1.82) is 0 Å². The van der Waals surface area contributed by atoms with Crippen molar-refractivity contribution >= 4 is 34.2 Å². The molecule has 3 saturated heterocycles. The summed E-state index contributed by atoms with van der Waals surface area (Å²) in [6.45, 7) is 0.783. The Bertz CT molecular complexity index is 1320. The Hall–Kier alpha value is -3.21. The van der Waals surface area contributed by atoms with E-state index in [1.807, 2.05) is 19.2 Å². The highest BCUT2D eigenvalue weighted by atomic mass is 16.7. The lowest BCUT2D eigenvalue weighted by Crippen LogP contribution is -2.67. The molecule has 1 aliphatic carbocycles. The molecule has 0 radical (unpaired) electrons. The van der Waals surface area contributed by atoms with Crippen LogP contribution in [0.15, 0.2) is 30.5 Å². The topological polar surface area (TPSA) is 118 Å². The van der Waals surface area contributed by atoms with E-state index in [1.54, 1.807) is 4.90 Å². The van der Waals surface area contributed by atoms with E-state index in [2.05, 4.69) is 33.5 Å². The molecule has 5 heterocycles. The normalized spacial score (nSPS) is 34.1. The van der Waals surface area contributed by atoms with Gasteiger partial charge in [-0.2, -0.15) is 0 Å². The molecule has 1 aromatic heterocycles. The van der Waals surface area contributed by atoms with E-state index in [4.69, 9.17) is 4.74 Å². The number of fused-ring (bicyclic) bond motifs is 5. The molecule has 5 unspecified atom stereocenters. The highest BCUT2D eigenvalue weighted by Crippen LogP contribution is 2.42. The molecule has 2 aromatic rings. The second-order valence-corrected chi connectivity index (χ2v) is 10.3. The number of piperazine rings is 1. The van der Waals surface area contributed by atoms with Crippen LogP contribution in [0.3, 0.4) is 0 Å². The van der Waals surface area contributed by atoms with Crippen LogP contribution in [0.2, 0.25) is 0 Å². The molecule has 3 amide bonds. The number of H-pyrrole nitrogens is 1. The first kappa shape index (κ1) is 21.1. The number of aromatic nitrogens is 1. The minimum absolute atomic E-state index is 0.173. The van der Waals surface area contributed by atoms with Crippen LogP contribution in [0.1, 0.15) is 24.0 Å². The molecule has 3 fully saturated rings. The smallest absolute Gasteiger partial charge is 0.277 e. The molecule has 5 atom stereocenters. The van der Waals surface area contributed by atoms with E-state index >= 15 is 0 Å². The maximum absolute atomic E-state index is 13.4. The van der Waals surface area contributed by atoms with Crippen LogP contribution in [-0.2, 0) is 25.5 Å². The molecule has 3 N–H and O–H groups in total. The van der Waals surface area contributed by atoms with Crippen molar-refractivity contribution in [3.63, 3.8) is 0 Å². The van der Waals surface area contributed by atoms with E-state index in [-0.39, 0.29) is 24.4 Å². The number of rotatable bonds is 2. The van der Waals surface area contributed by atoms with Gasteiger partial charge in [0.1, 0.15) is 12.6 Å². The number of nitrogens with zero attached hydrogens (tertiary/aromatic N) is 3. The van der Waals surface area contributed by atoms with Gasteiger partial charge < -0.3 is 20.3 Å². The average molecular weight is 478 g/mol. The van der Waals surface area contributed by atoms with Gasteiger partial charge in [0.15, 0.2) is 0 Å². The fraction of sp³-hybridized carbons (Fsp3) is 0.480. The molecule has 35 heavy (non-hydrogen) atoms. The van der Waals surface area contributed by atoms with Crippen LogP contribution in [-0.4, -0.2) is 93.4 Å². The minimum atomic E-state index is -1.91. The summed E-state index contributed by atoms with van der Waals surface area (Å²) in [7, 11) is 2.01. The highest BCUT2D eigenvalue weighted by molar-refractivity contribution is 6.00. The number of aromatic amines is 1. The number of hydrogen-bond donors (Lipinski definition) is 3. The molecule has 10 heteroatoms. The van der Waals surface area contributed by atoms with E-state index < -0.39 is 30.0 Å². The van der Waals surface area contributed by atoms with Crippen molar-refractivity contribution in [2.75, 3.05) is 26.7 Å². The molecule has 10 nitrogen and oxygen atoms in total. The van der Waals surface area contributed by atoms with Gasteiger partial charge >= 0.3 is 0 Å². The quantitative estimate of drug-likeness (QED) is 0.560. The predicted molar refractivity (Wildman–Crippen MR) is 124 cm³/mol. The van der Waals surface area contributed by atoms with Gasteiger partial charge in [-0.1, -0.05) is 18.2 Å². The minimum Gasteiger partial charge on any atom is -0.361 e. The Morgan fingerprint density at radius 2 is 2.17 bits per heavy atom. The number of benzene rings is 1.